The molecule has 1 aliphatic heterocycles. The standard InChI is InChI=1S/C22H24FN3O2/c1-2-20(28)16-4-3-15-11-19(24-18(15)12-16)17-5-6-21(25-22(17)23)26-9-7-14(13-27)8-10-26/h3-6,11-12,14,24,27H,2,7-10,13H2,1H3. The van der Waals surface area contributed by atoms with Crippen LogP contribution in [-0.4, -0.2) is 40.6 Å². The molecule has 28 heavy (non-hydrogen) atoms. The van der Waals surface area contributed by atoms with Gasteiger partial charge in [0.05, 0.1) is 11.3 Å². The lowest BCUT2D eigenvalue weighted by atomic mass is 9.98. The van der Waals surface area contributed by atoms with Crippen molar-refractivity contribution < 1.29 is 14.3 Å². The number of aliphatic hydroxyl groups is 1. The minimum absolute atomic E-state index is 0.0835. The number of ketones is 1. The van der Waals surface area contributed by atoms with Gasteiger partial charge in [-0.15, -0.1) is 0 Å². The molecule has 1 saturated heterocycles. The average molecular weight is 381 g/mol. The molecule has 0 radical (unpaired) electrons. The summed E-state index contributed by atoms with van der Waals surface area (Å²) in [6.45, 7) is 3.59. The first-order valence-electron chi connectivity index (χ1n) is 9.77. The van der Waals surface area contributed by atoms with Crippen molar-refractivity contribution in [2.24, 2.45) is 5.92 Å². The Labute approximate surface area is 163 Å². The largest absolute Gasteiger partial charge is 0.396 e. The molecule has 5 nitrogen and oxygen atoms in total. The molecule has 0 bridgehead atoms. The molecule has 3 heterocycles. The van der Waals surface area contributed by atoms with Gasteiger partial charge in [0.1, 0.15) is 5.82 Å². The second kappa shape index (κ2) is 7.72. The monoisotopic (exact) mass is 381 g/mol. The maximum absolute atomic E-state index is 14.8. The Morgan fingerprint density at radius 3 is 2.71 bits per heavy atom. The molecule has 0 amide bonds. The second-order valence-electron chi connectivity index (χ2n) is 7.38. The third kappa shape index (κ3) is 3.52. The number of carbonyl (C=O) groups is 1. The van der Waals surface area contributed by atoms with Crippen LogP contribution in [-0.2, 0) is 0 Å². The van der Waals surface area contributed by atoms with Crippen LogP contribution in [0, 0.1) is 11.9 Å². The number of hydrogen-bond acceptors (Lipinski definition) is 4. The number of aromatic amines is 1. The molecule has 0 spiro atoms. The van der Waals surface area contributed by atoms with Gasteiger partial charge in [0, 0.05) is 42.6 Å². The summed E-state index contributed by atoms with van der Waals surface area (Å²) in [4.78, 5) is 21.4. The summed E-state index contributed by atoms with van der Waals surface area (Å²) in [5, 5.41) is 10.2. The molecule has 0 unspecified atom stereocenters. The van der Waals surface area contributed by atoms with Gasteiger partial charge >= 0.3 is 0 Å². The Kier molecular flexibility index (Phi) is 5.13. The van der Waals surface area contributed by atoms with E-state index in [0.717, 1.165) is 36.8 Å². The molecular weight excluding hydrogens is 357 g/mol. The van der Waals surface area contributed by atoms with Crippen LogP contribution in [0.15, 0.2) is 36.4 Å². The van der Waals surface area contributed by atoms with E-state index in [4.69, 9.17) is 0 Å². The smallest absolute Gasteiger partial charge is 0.224 e. The number of hydrogen-bond donors (Lipinski definition) is 2. The first-order valence-corrected chi connectivity index (χ1v) is 9.77. The van der Waals surface area contributed by atoms with E-state index in [9.17, 15) is 14.3 Å². The van der Waals surface area contributed by atoms with E-state index in [1.807, 2.05) is 31.2 Å². The van der Waals surface area contributed by atoms with E-state index in [1.165, 1.54) is 0 Å². The topological polar surface area (TPSA) is 69.2 Å². The molecule has 1 fully saturated rings. The fourth-order valence-electron chi connectivity index (χ4n) is 3.80. The van der Waals surface area contributed by atoms with Crippen molar-refractivity contribution in [1.82, 2.24) is 9.97 Å². The number of fused-ring (bicyclic) bond motifs is 1. The molecule has 146 valence electrons. The van der Waals surface area contributed by atoms with Crippen molar-refractivity contribution in [3.63, 3.8) is 0 Å². The zero-order chi connectivity index (χ0) is 19.7. The number of piperidine rings is 1. The fraction of sp³-hybridized carbons (Fsp3) is 0.364. The summed E-state index contributed by atoms with van der Waals surface area (Å²) >= 11 is 0. The Bertz CT molecular complexity index is 1010. The lowest BCUT2D eigenvalue weighted by Crippen LogP contribution is -2.35. The molecule has 0 atom stereocenters. The Morgan fingerprint density at radius 2 is 2.04 bits per heavy atom. The van der Waals surface area contributed by atoms with E-state index in [-0.39, 0.29) is 12.4 Å². The number of rotatable bonds is 5. The number of halogens is 1. The number of pyridine rings is 1. The highest BCUT2D eigenvalue weighted by atomic mass is 19.1. The third-order valence-corrected chi connectivity index (χ3v) is 5.59. The first-order chi connectivity index (χ1) is 13.6. The molecule has 3 aromatic rings. The third-order valence-electron chi connectivity index (χ3n) is 5.59. The predicted molar refractivity (Wildman–Crippen MR) is 108 cm³/mol. The highest BCUT2D eigenvalue weighted by Gasteiger charge is 2.21. The highest BCUT2D eigenvalue weighted by Crippen LogP contribution is 2.29. The molecule has 1 aliphatic rings. The van der Waals surface area contributed by atoms with Gasteiger partial charge in [-0.25, -0.2) is 4.98 Å². The van der Waals surface area contributed by atoms with Crippen LogP contribution in [0.25, 0.3) is 22.2 Å². The minimum atomic E-state index is -0.516. The van der Waals surface area contributed by atoms with Crippen molar-refractivity contribution in [3.05, 3.63) is 47.9 Å². The number of aliphatic hydroxyl groups excluding tert-OH is 1. The van der Waals surface area contributed by atoms with E-state index in [1.54, 1.807) is 12.1 Å². The number of Topliss-reactive ketones (excluding diaryl/α,β-unsaturated/α-hetero) is 1. The number of nitrogens with one attached hydrogen (secondary N) is 1. The Hall–Kier alpha value is -2.73. The minimum Gasteiger partial charge on any atom is -0.396 e. The van der Waals surface area contributed by atoms with Crippen molar-refractivity contribution in [2.75, 3.05) is 24.6 Å². The molecule has 0 saturated carbocycles. The fourth-order valence-corrected chi connectivity index (χ4v) is 3.80. The molecule has 1 aromatic carbocycles. The zero-order valence-electron chi connectivity index (χ0n) is 15.9. The van der Waals surface area contributed by atoms with Gasteiger partial charge in [-0.1, -0.05) is 19.1 Å². The lowest BCUT2D eigenvalue weighted by Gasteiger charge is -2.32. The van der Waals surface area contributed by atoms with Crippen LogP contribution in [0.3, 0.4) is 0 Å². The van der Waals surface area contributed by atoms with Crippen molar-refractivity contribution >= 4 is 22.5 Å². The van der Waals surface area contributed by atoms with E-state index < -0.39 is 5.95 Å². The summed E-state index contributed by atoms with van der Waals surface area (Å²) in [6, 6.07) is 11.0. The van der Waals surface area contributed by atoms with Crippen molar-refractivity contribution in [3.8, 4) is 11.3 Å². The summed E-state index contributed by atoms with van der Waals surface area (Å²) < 4.78 is 14.8. The molecule has 2 N–H and O–H groups in total. The number of anilines is 1. The summed E-state index contributed by atoms with van der Waals surface area (Å²) in [7, 11) is 0. The van der Waals surface area contributed by atoms with Crippen molar-refractivity contribution in [1.29, 1.82) is 0 Å². The second-order valence-corrected chi connectivity index (χ2v) is 7.38. The van der Waals surface area contributed by atoms with Gasteiger partial charge < -0.3 is 15.0 Å². The van der Waals surface area contributed by atoms with Crippen LogP contribution >= 0.6 is 0 Å². The molecular formula is C22H24FN3O2. The summed E-state index contributed by atoms with van der Waals surface area (Å²) in [5.74, 6) is 0.527. The number of H-pyrrole nitrogens is 1. The van der Waals surface area contributed by atoms with Gasteiger partial charge in [-0.2, -0.15) is 4.39 Å². The van der Waals surface area contributed by atoms with E-state index >= 15 is 0 Å². The number of benzene rings is 1. The van der Waals surface area contributed by atoms with Crippen LogP contribution in [0.5, 0.6) is 0 Å². The van der Waals surface area contributed by atoms with Crippen LogP contribution in [0.4, 0.5) is 10.2 Å². The predicted octanol–water partition coefficient (Wildman–Crippen LogP) is 4.17. The maximum atomic E-state index is 14.8. The van der Waals surface area contributed by atoms with Gasteiger partial charge in [0.2, 0.25) is 5.95 Å². The van der Waals surface area contributed by atoms with Gasteiger partial charge in [-0.05, 0) is 43.0 Å². The Morgan fingerprint density at radius 1 is 1.25 bits per heavy atom. The summed E-state index contributed by atoms with van der Waals surface area (Å²) in [5.41, 5.74) is 2.52. The number of aromatic nitrogens is 2. The molecule has 2 aromatic heterocycles. The SMILES string of the molecule is CCC(=O)c1ccc2cc(-c3ccc(N4CCC(CO)CC4)nc3F)[nH]c2c1. The number of nitrogens with zero attached hydrogens (tertiary/aromatic N) is 2. The molecule has 0 aliphatic carbocycles. The van der Waals surface area contributed by atoms with Gasteiger partial charge in [-0.3, -0.25) is 4.79 Å². The summed E-state index contributed by atoms with van der Waals surface area (Å²) in [6.07, 6.45) is 2.24. The zero-order valence-corrected chi connectivity index (χ0v) is 15.9. The molecule has 6 heteroatoms. The van der Waals surface area contributed by atoms with Crippen LogP contribution < -0.4 is 4.90 Å². The Balaban J connectivity index is 1.60. The quantitative estimate of drug-likeness (QED) is 0.514. The molecule has 4 rings (SSSR count). The van der Waals surface area contributed by atoms with Crippen LogP contribution in [0.1, 0.15) is 36.5 Å². The van der Waals surface area contributed by atoms with Crippen LogP contribution in [0.2, 0.25) is 0 Å². The normalized spacial score (nSPS) is 15.3. The van der Waals surface area contributed by atoms with E-state index in [2.05, 4.69) is 14.9 Å². The maximum Gasteiger partial charge on any atom is 0.224 e. The first kappa shape index (κ1) is 18.6. The van der Waals surface area contributed by atoms with Gasteiger partial charge in [0.25, 0.3) is 0 Å². The van der Waals surface area contributed by atoms with Crippen molar-refractivity contribution in [2.45, 2.75) is 26.2 Å². The average Bonchev–Trinajstić information content (AvgIpc) is 3.16. The van der Waals surface area contributed by atoms with Gasteiger partial charge in [0.15, 0.2) is 5.78 Å². The number of carbonyl (C=O) groups excluding carboxylic acids is 1. The lowest BCUT2D eigenvalue weighted by molar-refractivity contribution is 0.0988. The highest BCUT2D eigenvalue weighted by molar-refractivity contribution is 5.99. The van der Waals surface area contributed by atoms with E-state index in [0.29, 0.717) is 35.0 Å².